The van der Waals surface area contributed by atoms with Crippen LogP contribution in [0.2, 0.25) is 0 Å². The summed E-state index contributed by atoms with van der Waals surface area (Å²) in [5, 5.41) is 2.81. The number of ether oxygens (including phenoxy) is 3. The standard InChI is InChI=1S/C23H21NO5/c1-27-17-12-13-21(28-2)19(14-17)20(25)15-29-22-11-7-6-10-18(22)23(26)24-16-8-4-3-5-9-16/h3-14H,15H2,1-2H3,(H,24,26). The van der Waals surface area contributed by atoms with E-state index in [1.54, 1.807) is 54.6 Å². The third kappa shape index (κ3) is 4.93. The van der Waals surface area contributed by atoms with Gasteiger partial charge in [-0.25, -0.2) is 0 Å². The van der Waals surface area contributed by atoms with E-state index in [1.165, 1.54) is 14.2 Å². The Hall–Kier alpha value is -3.80. The largest absolute Gasteiger partial charge is 0.497 e. The normalized spacial score (nSPS) is 10.1. The molecule has 0 aliphatic carbocycles. The highest BCUT2D eigenvalue weighted by Crippen LogP contribution is 2.25. The van der Waals surface area contributed by atoms with Crippen molar-refractivity contribution in [1.29, 1.82) is 0 Å². The van der Waals surface area contributed by atoms with Crippen LogP contribution in [0.5, 0.6) is 17.2 Å². The Balaban J connectivity index is 1.75. The summed E-state index contributed by atoms with van der Waals surface area (Å²) in [6, 6.07) is 20.8. The minimum atomic E-state index is -0.321. The van der Waals surface area contributed by atoms with Crippen LogP contribution in [0.3, 0.4) is 0 Å². The smallest absolute Gasteiger partial charge is 0.259 e. The molecule has 6 heteroatoms. The summed E-state index contributed by atoms with van der Waals surface area (Å²) in [6.07, 6.45) is 0. The fraction of sp³-hybridized carbons (Fsp3) is 0.130. The molecule has 0 aliphatic heterocycles. The van der Waals surface area contributed by atoms with E-state index in [-0.39, 0.29) is 18.3 Å². The molecule has 0 spiro atoms. The first-order valence-electron chi connectivity index (χ1n) is 8.96. The van der Waals surface area contributed by atoms with Crippen molar-refractivity contribution in [2.75, 3.05) is 26.1 Å². The minimum Gasteiger partial charge on any atom is -0.497 e. The van der Waals surface area contributed by atoms with Gasteiger partial charge in [0.1, 0.15) is 17.2 Å². The molecule has 0 unspecified atom stereocenters. The molecular weight excluding hydrogens is 370 g/mol. The van der Waals surface area contributed by atoms with Crippen LogP contribution >= 0.6 is 0 Å². The number of para-hydroxylation sites is 2. The first-order chi connectivity index (χ1) is 14.1. The predicted molar refractivity (Wildman–Crippen MR) is 110 cm³/mol. The fourth-order valence-electron chi connectivity index (χ4n) is 2.75. The third-order valence-electron chi connectivity index (χ3n) is 4.23. The lowest BCUT2D eigenvalue weighted by atomic mass is 10.1. The number of carbonyl (C=O) groups excluding carboxylic acids is 2. The van der Waals surface area contributed by atoms with Crippen molar-refractivity contribution in [3.63, 3.8) is 0 Å². The zero-order valence-corrected chi connectivity index (χ0v) is 16.2. The Morgan fingerprint density at radius 3 is 2.24 bits per heavy atom. The molecule has 3 aromatic carbocycles. The van der Waals surface area contributed by atoms with Crippen molar-refractivity contribution in [2.24, 2.45) is 0 Å². The molecule has 1 N–H and O–H groups in total. The number of anilines is 1. The van der Waals surface area contributed by atoms with Gasteiger partial charge in [-0.1, -0.05) is 30.3 Å². The number of rotatable bonds is 8. The van der Waals surface area contributed by atoms with Crippen LogP contribution in [0.25, 0.3) is 0 Å². The van der Waals surface area contributed by atoms with Crippen LogP contribution in [0.15, 0.2) is 72.8 Å². The van der Waals surface area contributed by atoms with Crippen LogP contribution in [0.1, 0.15) is 20.7 Å². The lowest BCUT2D eigenvalue weighted by Gasteiger charge is -2.13. The van der Waals surface area contributed by atoms with Gasteiger partial charge < -0.3 is 19.5 Å². The Morgan fingerprint density at radius 2 is 1.52 bits per heavy atom. The molecule has 0 saturated carbocycles. The first kappa shape index (κ1) is 19.9. The number of hydrogen-bond donors (Lipinski definition) is 1. The van der Waals surface area contributed by atoms with Gasteiger partial charge >= 0.3 is 0 Å². The van der Waals surface area contributed by atoms with Gasteiger partial charge in [-0.15, -0.1) is 0 Å². The lowest BCUT2D eigenvalue weighted by molar-refractivity contribution is 0.0911. The van der Waals surface area contributed by atoms with Crippen molar-refractivity contribution in [1.82, 2.24) is 0 Å². The summed E-state index contributed by atoms with van der Waals surface area (Å²) >= 11 is 0. The quantitative estimate of drug-likeness (QED) is 0.582. The zero-order chi connectivity index (χ0) is 20.6. The van der Waals surface area contributed by atoms with Crippen LogP contribution in [-0.4, -0.2) is 32.5 Å². The van der Waals surface area contributed by atoms with Crippen molar-refractivity contribution in [2.45, 2.75) is 0 Å². The molecule has 29 heavy (non-hydrogen) atoms. The maximum Gasteiger partial charge on any atom is 0.259 e. The van der Waals surface area contributed by atoms with Crippen LogP contribution < -0.4 is 19.5 Å². The second-order valence-electron chi connectivity index (χ2n) is 6.09. The molecule has 0 aromatic heterocycles. The molecule has 0 radical (unpaired) electrons. The Kier molecular flexibility index (Phi) is 6.47. The zero-order valence-electron chi connectivity index (χ0n) is 16.2. The molecule has 3 rings (SSSR count). The summed E-state index contributed by atoms with van der Waals surface area (Å²) in [5.74, 6) is 0.666. The van der Waals surface area contributed by atoms with Crippen molar-refractivity contribution >= 4 is 17.4 Å². The van der Waals surface area contributed by atoms with Crippen LogP contribution in [0.4, 0.5) is 5.69 Å². The van der Waals surface area contributed by atoms with E-state index >= 15 is 0 Å². The van der Waals surface area contributed by atoms with E-state index < -0.39 is 0 Å². The fourth-order valence-corrected chi connectivity index (χ4v) is 2.75. The summed E-state index contributed by atoms with van der Waals surface area (Å²) in [7, 11) is 3.01. The monoisotopic (exact) mass is 391 g/mol. The molecule has 0 bridgehead atoms. The van der Waals surface area contributed by atoms with Crippen LogP contribution in [0, 0.1) is 0 Å². The minimum absolute atomic E-state index is 0.251. The lowest BCUT2D eigenvalue weighted by Crippen LogP contribution is -2.17. The van der Waals surface area contributed by atoms with Gasteiger partial charge in [0.25, 0.3) is 5.91 Å². The van der Waals surface area contributed by atoms with E-state index in [4.69, 9.17) is 14.2 Å². The van der Waals surface area contributed by atoms with Gasteiger partial charge in [-0.2, -0.15) is 0 Å². The number of amides is 1. The van der Waals surface area contributed by atoms with Gasteiger partial charge in [-0.3, -0.25) is 9.59 Å². The molecule has 6 nitrogen and oxygen atoms in total. The number of Topliss-reactive ketones (excluding diaryl/α,β-unsaturated/α-hetero) is 1. The van der Waals surface area contributed by atoms with Gasteiger partial charge in [0.15, 0.2) is 6.61 Å². The maximum atomic E-state index is 12.7. The number of nitrogens with one attached hydrogen (secondary N) is 1. The van der Waals surface area contributed by atoms with Gasteiger partial charge in [0.2, 0.25) is 5.78 Å². The van der Waals surface area contributed by atoms with Gasteiger partial charge in [0, 0.05) is 5.69 Å². The Bertz CT molecular complexity index is 1000. The average Bonchev–Trinajstić information content (AvgIpc) is 2.77. The molecule has 1 amide bonds. The molecular formula is C23H21NO5. The summed E-state index contributed by atoms with van der Waals surface area (Å²) < 4.78 is 16.1. The highest BCUT2D eigenvalue weighted by atomic mass is 16.5. The van der Waals surface area contributed by atoms with E-state index in [1.807, 2.05) is 18.2 Å². The second-order valence-corrected chi connectivity index (χ2v) is 6.09. The number of methoxy groups -OCH3 is 2. The summed E-state index contributed by atoms with van der Waals surface area (Å²) in [5.41, 5.74) is 1.35. The highest BCUT2D eigenvalue weighted by molar-refractivity contribution is 6.06. The molecule has 0 fully saturated rings. The molecule has 0 atom stereocenters. The molecule has 3 aromatic rings. The number of carbonyl (C=O) groups is 2. The van der Waals surface area contributed by atoms with Crippen LogP contribution in [-0.2, 0) is 0 Å². The third-order valence-corrected chi connectivity index (χ3v) is 4.23. The van der Waals surface area contributed by atoms with Crippen molar-refractivity contribution < 1.29 is 23.8 Å². The second kappa shape index (κ2) is 9.41. The maximum absolute atomic E-state index is 12.7. The summed E-state index contributed by atoms with van der Waals surface area (Å²) in [4.78, 5) is 25.3. The Labute approximate surface area is 169 Å². The molecule has 148 valence electrons. The number of hydrogen-bond acceptors (Lipinski definition) is 5. The highest BCUT2D eigenvalue weighted by Gasteiger charge is 2.17. The van der Waals surface area contributed by atoms with E-state index in [2.05, 4.69) is 5.32 Å². The van der Waals surface area contributed by atoms with Crippen molar-refractivity contribution in [3.8, 4) is 17.2 Å². The number of benzene rings is 3. The van der Waals surface area contributed by atoms with Gasteiger partial charge in [0.05, 0.1) is 25.3 Å². The van der Waals surface area contributed by atoms with Crippen molar-refractivity contribution in [3.05, 3.63) is 83.9 Å². The topological polar surface area (TPSA) is 73.9 Å². The average molecular weight is 391 g/mol. The predicted octanol–water partition coefficient (Wildman–Crippen LogP) is 4.22. The Morgan fingerprint density at radius 1 is 0.793 bits per heavy atom. The molecule has 0 saturated heterocycles. The molecule has 0 heterocycles. The van der Waals surface area contributed by atoms with E-state index in [9.17, 15) is 9.59 Å². The summed E-state index contributed by atoms with van der Waals surface area (Å²) in [6.45, 7) is -0.251. The first-order valence-corrected chi connectivity index (χ1v) is 8.96. The number of ketones is 1. The van der Waals surface area contributed by atoms with E-state index in [0.29, 0.717) is 34.1 Å². The van der Waals surface area contributed by atoms with E-state index in [0.717, 1.165) is 0 Å². The SMILES string of the molecule is COc1ccc(OC)c(C(=O)COc2ccccc2C(=O)Nc2ccccc2)c1. The molecule has 0 aliphatic rings. The van der Waals surface area contributed by atoms with Gasteiger partial charge in [-0.05, 0) is 42.5 Å².